The molecule has 1 aromatic carbocycles. The molecule has 0 radical (unpaired) electrons. The van der Waals surface area contributed by atoms with Crippen molar-refractivity contribution >= 4 is 33.0 Å². The zero-order chi connectivity index (χ0) is 11.7. The maximum Gasteiger partial charge on any atom is 0.263 e. The first-order chi connectivity index (χ1) is 7.59. The summed E-state index contributed by atoms with van der Waals surface area (Å²) >= 11 is 1.44. The van der Waals surface area contributed by atoms with Gasteiger partial charge in [-0.15, -0.1) is 11.3 Å². The largest absolute Gasteiger partial charge is 0.397 e. The molecule has 1 heterocycles. The molecule has 84 valence electrons. The van der Waals surface area contributed by atoms with Gasteiger partial charge in [-0.3, -0.25) is 4.79 Å². The fourth-order valence-corrected chi connectivity index (χ4v) is 2.59. The Morgan fingerprint density at radius 1 is 1.38 bits per heavy atom. The zero-order valence-electron chi connectivity index (χ0n) is 9.28. The average Bonchev–Trinajstić information content (AvgIpc) is 2.56. The molecule has 4 heteroatoms. The van der Waals surface area contributed by atoms with Crippen LogP contribution in [0.5, 0.6) is 0 Å². The molecule has 0 saturated heterocycles. The number of carbonyl (C=O) groups excluding carboxylic acids is 1. The van der Waals surface area contributed by atoms with E-state index in [4.69, 9.17) is 5.73 Å². The standard InChI is InChI=1S/C12H14N2OS/c1-7(2)14-12(15)11-10(13)8-5-3-4-6-9(8)16-11/h3-7H,13H2,1-2H3,(H,14,15). The van der Waals surface area contributed by atoms with Gasteiger partial charge in [0.05, 0.1) is 5.69 Å². The van der Waals surface area contributed by atoms with E-state index in [0.29, 0.717) is 10.6 Å². The Morgan fingerprint density at radius 3 is 2.69 bits per heavy atom. The van der Waals surface area contributed by atoms with Crippen molar-refractivity contribution in [3.8, 4) is 0 Å². The van der Waals surface area contributed by atoms with Gasteiger partial charge in [0.25, 0.3) is 5.91 Å². The van der Waals surface area contributed by atoms with E-state index in [9.17, 15) is 4.79 Å². The number of carbonyl (C=O) groups is 1. The summed E-state index contributed by atoms with van der Waals surface area (Å²) in [7, 11) is 0. The van der Waals surface area contributed by atoms with Crippen LogP contribution in [0.1, 0.15) is 23.5 Å². The highest BCUT2D eigenvalue weighted by Gasteiger charge is 2.16. The van der Waals surface area contributed by atoms with Crippen LogP contribution in [0, 0.1) is 0 Å². The molecule has 1 amide bonds. The minimum Gasteiger partial charge on any atom is -0.397 e. The summed E-state index contributed by atoms with van der Waals surface area (Å²) in [6.07, 6.45) is 0. The molecule has 0 fully saturated rings. The molecule has 1 aromatic heterocycles. The molecule has 0 aliphatic rings. The van der Waals surface area contributed by atoms with Gasteiger partial charge in [-0.05, 0) is 19.9 Å². The zero-order valence-corrected chi connectivity index (χ0v) is 10.1. The first-order valence-corrected chi connectivity index (χ1v) is 5.99. The molecule has 0 atom stereocenters. The van der Waals surface area contributed by atoms with Crippen molar-refractivity contribution in [1.82, 2.24) is 5.32 Å². The average molecular weight is 234 g/mol. The molecule has 0 aliphatic heterocycles. The van der Waals surface area contributed by atoms with Crippen molar-refractivity contribution in [2.75, 3.05) is 5.73 Å². The van der Waals surface area contributed by atoms with Gasteiger partial charge < -0.3 is 11.1 Å². The highest BCUT2D eigenvalue weighted by Crippen LogP contribution is 2.33. The highest BCUT2D eigenvalue weighted by molar-refractivity contribution is 7.21. The molecule has 0 unspecified atom stereocenters. The number of benzene rings is 1. The van der Waals surface area contributed by atoms with Gasteiger partial charge in [-0.25, -0.2) is 0 Å². The van der Waals surface area contributed by atoms with E-state index in [1.807, 2.05) is 38.1 Å². The predicted molar refractivity (Wildman–Crippen MR) is 68.8 cm³/mol. The van der Waals surface area contributed by atoms with E-state index in [-0.39, 0.29) is 11.9 Å². The summed E-state index contributed by atoms with van der Waals surface area (Å²) in [5.74, 6) is -0.0892. The summed E-state index contributed by atoms with van der Waals surface area (Å²) in [5.41, 5.74) is 6.55. The summed E-state index contributed by atoms with van der Waals surface area (Å²) in [5, 5.41) is 3.81. The predicted octanol–water partition coefficient (Wildman–Crippen LogP) is 2.62. The van der Waals surface area contributed by atoms with Crippen molar-refractivity contribution in [2.24, 2.45) is 0 Å². The maximum atomic E-state index is 11.9. The lowest BCUT2D eigenvalue weighted by Crippen LogP contribution is -2.29. The van der Waals surface area contributed by atoms with Crippen LogP contribution in [0.4, 0.5) is 5.69 Å². The minimum absolute atomic E-state index is 0.0892. The third kappa shape index (κ3) is 1.88. The molecule has 2 aromatic rings. The Morgan fingerprint density at radius 2 is 2.06 bits per heavy atom. The monoisotopic (exact) mass is 234 g/mol. The number of nitrogens with one attached hydrogen (secondary N) is 1. The van der Waals surface area contributed by atoms with Crippen molar-refractivity contribution in [3.05, 3.63) is 29.1 Å². The van der Waals surface area contributed by atoms with E-state index in [2.05, 4.69) is 5.32 Å². The topological polar surface area (TPSA) is 55.1 Å². The summed E-state index contributed by atoms with van der Waals surface area (Å²) in [6.45, 7) is 3.86. The van der Waals surface area contributed by atoms with E-state index in [0.717, 1.165) is 10.1 Å². The number of fused-ring (bicyclic) bond motifs is 1. The van der Waals surface area contributed by atoms with Crippen molar-refractivity contribution < 1.29 is 4.79 Å². The van der Waals surface area contributed by atoms with Gasteiger partial charge in [0.15, 0.2) is 0 Å². The summed E-state index contributed by atoms with van der Waals surface area (Å²) in [4.78, 5) is 12.5. The fraction of sp³-hybridized carbons (Fsp3) is 0.250. The third-order valence-electron chi connectivity index (χ3n) is 2.26. The van der Waals surface area contributed by atoms with Gasteiger partial charge in [-0.1, -0.05) is 18.2 Å². The van der Waals surface area contributed by atoms with E-state index in [1.54, 1.807) is 0 Å². The lowest BCUT2D eigenvalue weighted by Gasteiger charge is -2.06. The second-order valence-electron chi connectivity index (χ2n) is 3.97. The first-order valence-electron chi connectivity index (χ1n) is 5.17. The Balaban J connectivity index is 2.45. The van der Waals surface area contributed by atoms with Crippen LogP contribution in [0.25, 0.3) is 10.1 Å². The van der Waals surface area contributed by atoms with Crippen molar-refractivity contribution in [2.45, 2.75) is 19.9 Å². The lowest BCUT2D eigenvalue weighted by molar-refractivity contribution is 0.0948. The molecule has 0 aliphatic carbocycles. The molecule has 3 nitrogen and oxygen atoms in total. The normalized spacial score (nSPS) is 10.9. The van der Waals surface area contributed by atoms with Crippen molar-refractivity contribution in [3.63, 3.8) is 0 Å². The molecule has 0 spiro atoms. The van der Waals surface area contributed by atoms with Gasteiger partial charge in [-0.2, -0.15) is 0 Å². The van der Waals surface area contributed by atoms with Gasteiger partial charge in [0.2, 0.25) is 0 Å². The van der Waals surface area contributed by atoms with Crippen LogP contribution in [0.2, 0.25) is 0 Å². The number of nitrogen functional groups attached to an aromatic ring is 1. The quantitative estimate of drug-likeness (QED) is 0.839. The molecular formula is C12H14N2OS. The molecule has 0 saturated carbocycles. The molecule has 16 heavy (non-hydrogen) atoms. The van der Waals surface area contributed by atoms with E-state index in [1.165, 1.54) is 11.3 Å². The molecule has 0 bridgehead atoms. The highest BCUT2D eigenvalue weighted by atomic mass is 32.1. The number of thiophene rings is 1. The van der Waals surface area contributed by atoms with Gasteiger partial charge in [0.1, 0.15) is 4.88 Å². The number of hydrogen-bond donors (Lipinski definition) is 2. The Bertz CT molecular complexity index is 531. The van der Waals surface area contributed by atoms with Gasteiger partial charge >= 0.3 is 0 Å². The first kappa shape index (κ1) is 11.0. The van der Waals surface area contributed by atoms with E-state index >= 15 is 0 Å². The molecule has 3 N–H and O–H groups in total. The summed E-state index contributed by atoms with van der Waals surface area (Å²) < 4.78 is 1.05. The number of anilines is 1. The van der Waals surface area contributed by atoms with Crippen LogP contribution >= 0.6 is 11.3 Å². The van der Waals surface area contributed by atoms with Gasteiger partial charge in [0, 0.05) is 16.1 Å². The van der Waals surface area contributed by atoms with Crippen LogP contribution in [0.3, 0.4) is 0 Å². The number of nitrogens with two attached hydrogens (primary N) is 1. The smallest absolute Gasteiger partial charge is 0.263 e. The van der Waals surface area contributed by atoms with E-state index < -0.39 is 0 Å². The number of amides is 1. The van der Waals surface area contributed by atoms with Crippen LogP contribution in [-0.4, -0.2) is 11.9 Å². The number of hydrogen-bond acceptors (Lipinski definition) is 3. The second-order valence-corrected chi connectivity index (χ2v) is 5.02. The van der Waals surface area contributed by atoms with Crippen molar-refractivity contribution in [1.29, 1.82) is 0 Å². The lowest BCUT2D eigenvalue weighted by atomic mass is 10.2. The van der Waals surface area contributed by atoms with Crippen LogP contribution in [-0.2, 0) is 0 Å². The molecule has 2 rings (SSSR count). The van der Waals surface area contributed by atoms with Crippen LogP contribution in [0.15, 0.2) is 24.3 Å². The Labute approximate surface area is 98.3 Å². The molecular weight excluding hydrogens is 220 g/mol. The minimum atomic E-state index is -0.0892. The summed E-state index contributed by atoms with van der Waals surface area (Å²) in [6, 6.07) is 7.91. The Kier molecular flexibility index (Phi) is 2.83. The fourth-order valence-electron chi connectivity index (χ4n) is 1.56. The number of rotatable bonds is 2. The van der Waals surface area contributed by atoms with Crippen LogP contribution < -0.4 is 11.1 Å². The Hall–Kier alpha value is -1.55. The SMILES string of the molecule is CC(C)NC(=O)c1sc2ccccc2c1N. The maximum absolute atomic E-state index is 11.9. The third-order valence-corrected chi connectivity index (χ3v) is 3.45. The second kappa shape index (κ2) is 4.14.